The second-order valence-electron chi connectivity index (χ2n) is 4.40. The van der Waals surface area contributed by atoms with Crippen LogP contribution in [0.3, 0.4) is 0 Å². The maximum atomic E-state index is 13.5. The highest BCUT2D eigenvalue weighted by atomic mass is 35.5. The van der Waals surface area contributed by atoms with Gasteiger partial charge in [-0.2, -0.15) is 0 Å². The minimum atomic E-state index is -0.918. The molecule has 0 radical (unpaired) electrons. The average molecular weight is 312 g/mol. The number of anilines is 3. The molecule has 21 heavy (non-hydrogen) atoms. The summed E-state index contributed by atoms with van der Waals surface area (Å²) >= 11 is 5.93. The second kappa shape index (κ2) is 5.97. The quantitative estimate of drug-likeness (QED) is 0.729. The van der Waals surface area contributed by atoms with Crippen molar-refractivity contribution in [3.8, 4) is 0 Å². The van der Waals surface area contributed by atoms with Crippen LogP contribution in [0, 0.1) is 18.6 Å². The van der Waals surface area contributed by atoms with E-state index in [1.807, 2.05) is 6.92 Å². The van der Waals surface area contributed by atoms with E-state index in [0.29, 0.717) is 16.8 Å². The number of urea groups is 1. The fraction of sp³-hybridized carbons (Fsp3) is 0.0714. The molecule has 0 fully saturated rings. The molecule has 110 valence electrons. The van der Waals surface area contributed by atoms with Crippen LogP contribution in [0.15, 0.2) is 30.3 Å². The minimum absolute atomic E-state index is 0.218. The lowest BCUT2D eigenvalue weighted by Gasteiger charge is -2.10. The van der Waals surface area contributed by atoms with Crippen LogP contribution in [-0.2, 0) is 0 Å². The zero-order valence-corrected chi connectivity index (χ0v) is 11.8. The molecule has 0 saturated heterocycles. The van der Waals surface area contributed by atoms with Crippen molar-refractivity contribution < 1.29 is 13.6 Å². The lowest BCUT2D eigenvalue weighted by molar-refractivity contribution is 0.262. The standard InChI is InChI=1S/C14H12ClF2N3O/c1-7-2-3-8(4-9(7)15)19-14(21)20-13-6-12(18)10(16)5-11(13)17/h2-6H,18H2,1H3,(H2,19,20,21). The number of hydrogen-bond acceptors (Lipinski definition) is 2. The third-order valence-corrected chi connectivity index (χ3v) is 3.17. The van der Waals surface area contributed by atoms with Crippen LogP contribution in [0.4, 0.5) is 30.6 Å². The van der Waals surface area contributed by atoms with Crippen LogP contribution < -0.4 is 16.4 Å². The summed E-state index contributed by atoms with van der Waals surface area (Å²) in [6, 6.07) is 5.86. The number of carbonyl (C=O) groups excluding carboxylic acids is 1. The highest BCUT2D eigenvalue weighted by Crippen LogP contribution is 2.22. The summed E-state index contributed by atoms with van der Waals surface area (Å²) in [5.41, 5.74) is 6.15. The van der Waals surface area contributed by atoms with Gasteiger partial charge in [-0.3, -0.25) is 0 Å². The van der Waals surface area contributed by atoms with E-state index in [1.54, 1.807) is 18.2 Å². The van der Waals surface area contributed by atoms with Gasteiger partial charge in [0, 0.05) is 16.8 Å². The van der Waals surface area contributed by atoms with Gasteiger partial charge in [-0.25, -0.2) is 13.6 Å². The Labute approximate surface area is 124 Å². The van der Waals surface area contributed by atoms with E-state index in [2.05, 4.69) is 10.6 Å². The molecule has 4 nitrogen and oxygen atoms in total. The molecule has 4 N–H and O–H groups in total. The van der Waals surface area contributed by atoms with Crippen LogP contribution in [0.25, 0.3) is 0 Å². The maximum absolute atomic E-state index is 13.5. The van der Waals surface area contributed by atoms with E-state index in [-0.39, 0.29) is 11.4 Å². The number of nitrogen functional groups attached to an aromatic ring is 1. The maximum Gasteiger partial charge on any atom is 0.323 e. The molecule has 0 aliphatic heterocycles. The predicted molar refractivity (Wildman–Crippen MR) is 79.6 cm³/mol. The van der Waals surface area contributed by atoms with Crippen molar-refractivity contribution in [2.24, 2.45) is 0 Å². The molecule has 7 heteroatoms. The van der Waals surface area contributed by atoms with Gasteiger partial charge in [-0.05, 0) is 30.7 Å². The molecule has 2 aromatic rings. The summed E-state index contributed by atoms with van der Waals surface area (Å²) in [7, 11) is 0. The van der Waals surface area contributed by atoms with Crippen molar-refractivity contribution >= 4 is 34.7 Å². The van der Waals surface area contributed by atoms with Gasteiger partial charge in [-0.1, -0.05) is 17.7 Å². The lowest BCUT2D eigenvalue weighted by Crippen LogP contribution is -2.20. The van der Waals surface area contributed by atoms with E-state index in [9.17, 15) is 13.6 Å². The summed E-state index contributed by atoms with van der Waals surface area (Å²) < 4.78 is 26.5. The molecular weight excluding hydrogens is 300 g/mol. The molecule has 0 atom stereocenters. The summed E-state index contributed by atoms with van der Waals surface area (Å²) in [5, 5.41) is 5.22. The van der Waals surface area contributed by atoms with Crippen molar-refractivity contribution in [3.63, 3.8) is 0 Å². The smallest absolute Gasteiger partial charge is 0.323 e. The first kappa shape index (κ1) is 15.1. The molecule has 0 spiro atoms. The van der Waals surface area contributed by atoms with Crippen molar-refractivity contribution in [1.82, 2.24) is 0 Å². The summed E-state index contributed by atoms with van der Waals surface area (Å²) in [6.07, 6.45) is 0. The monoisotopic (exact) mass is 311 g/mol. The van der Waals surface area contributed by atoms with Crippen LogP contribution in [0.1, 0.15) is 5.56 Å². The molecule has 0 saturated carbocycles. The number of halogens is 3. The highest BCUT2D eigenvalue weighted by Gasteiger charge is 2.11. The Morgan fingerprint density at radius 3 is 2.52 bits per heavy atom. The predicted octanol–water partition coefficient (Wildman–Crippen LogP) is 4.15. The van der Waals surface area contributed by atoms with E-state index < -0.39 is 17.7 Å². The largest absolute Gasteiger partial charge is 0.396 e. The van der Waals surface area contributed by atoms with Crippen LogP contribution in [-0.4, -0.2) is 6.03 Å². The van der Waals surface area contributed by atoms with E-state index >= 15 is 0 Å². The molecule has 2 amide bonds. The Balaban J connectivity index is 2.11. The number of rotatable bonds is 2. The van der Waals surface area contributed by atoms with E-state index in [0.717, 1.165) is 11.6 Å². The molecule has 0 heterocycles. The number of aryl methyl sites for hydroxylation is 1. The lowest BCUT2D eigenvalue weighted by atomic mass is 10.2. The fourth-order valence-electron chi connectivity index (χ4n) is 1.62. The van der Waals surface area contributed by atoms with Gasteiger partial charge >= 0.3 is 6.03 Å². The Morgan fingerprint density at radius 2 is 1.86 bits per heavy atom. The Bertz CT molecular complexity index is 707. The second-order valence-corrected chi connectivity index (χ2v) is 4.80. The molecule has 0 aromatic heterocycles. The van der Waals surface area contributed by atoms with Gasteiger partial charge < -0.3 is 16.4 Å². The van der Waals surface area contributed by atoms with Crippen molar-refractivity contribution in [3.05, 3.63) is 52.6 Å². The van der Waals surface area contributed by atoms with Gasteiger partial charge in [0.15, 0.2) is 0 Å². The summed E-state index contributed by atoms with van der Waals surface area (Å²) in [5.74, 6) is -1.80. The first-order chi connectivity index (χ1) is 9.86. The number of benzene rings is 2. The van der Waals surface area contributed by atoms with Crippen molar-refractivity contribution in [2.45, 2.75) is 6.92 Å². The Hall–Kier alpha value is -2.34. The first-order valence-electron chi connectivity index (χ1n) is 5.95. The molecular formula is C14H12ClF2N3O. The number of carbonyl (C=O) groups is 1. The van der Waals surface area contributed by atoms with Crippen LogP contribution in [0.5, 0.6) is 0 Å². The highest BCUT2D eigenvalue weighted by molar-refractivity contribution is 6.31. The number of nitrogens with two attached hydrogens (primary N) is 1. The Kier molecular flexibility index (Phi) is 4.28. The SMILES string of the molecule is Cc1ccc(NC(=O)Nc2cc(N)c(F)cc2F)cc1Cl. The normalized spacial score (nSPS) is 10.3. The number of amides is 2. The molecule has 0 aliphatic carbocycles. The first-order valence-corrected chi connectivity index (χ1v) is 6.33. The van der Waals surface area contributed by atoms with Crippen molar-refractivity contribution in [2.75, 3.05) is 16.4 Å². The number of hydrogen-bond donors (Lipinski definition) is 3. The average Bonchev–Trinajstić information content (AvgIpc) is 2.40. The zero-order chi connectivity index (χ0) is 15.6. The van der Waals surface area contributed by atoms with Gasteiger partial charge in [0.2, 0.25) is 0 Å². The summed E-state index contributed by atoms with van der Waals surface area (Å²) in [4.78, 5) is 11.8. The van der Waals surface area contributed by atoms with Crippen LogP contribution >= 0.6 is 11.6 Å². The third-order valence-electron chi connectivity index (χ3n) is 2.76. The molecule has 0 bridgehead atoms. The Morgan fingerprint density at radius 1 is 1.14 bits per heavy atom. The topological polar surface area (TPSA) is 67.2 Å². The number of nitrogens with one attached hydrogen (secondary N) is 2. The minimum Gasteiger partial charge on any atom is -0.396 e. The van der Waals surface area contributed by atoms with Gasteiger partial charge in [-0.15, -0.1) is 0 Å². The van der Waals surface area contributed by atoms with Crippen LogP contribution in [0.2, 0.25) is 5.02 Å². The van der Waals surface area contributed by atoms with E-state index in [4.69, 9.17) is 17.3 Å². The zero-order valence-electron chi connectivity index (χ0n) is 11.0. The molecule has 2 rings (SSSR count). The van der Waals surface area contributed by atoms with Crippen molar-refractivity contribution in [1.29, 1.82) is 0 Å². The van der Waals surface area contributed by atoms with Gasteiger partial charge in [0.1, 0.15) is 11.6 Å². The summed E-state index contributed by atoms with van der Waals surface area (Å²) in [6.45, 7) is 1.82. The molecule has 0 aliphatic rings. The van der Waals surface area contributed by atoms with Gasteiger partial charge in [0.25, 0.3) is 0 Å². The fourth-order valence-corrected chi connectivity index (χ4v) is 1.80. The third kappa shape index (κ3) is 3.61. The molecule has 2 aromatic carbocycles. The molecule has 0 unspecified atom stereocenters. The van der Waals surface area contributed by atoms with E-state index in [1.165, 1.54) is 0 Å². The van der Waals surface area contributed by atoms with Gasteiger partial charge in [0.05, 0.1) is 11.4 Å².